The Morgan fingerprint density at radius 2 is 0.375 bits per heavy atom. The number of fused-ring (bicyclic) bond motifs is 1. The Labute approximate surface area is 401 Å². The summed E-state index contributed by atoms with van der Waals surface area (Å²) in [5.41, 5.74) is 0. The van der Waals surface area contributed by atoms with Crippen molar-refractivity contribution in [3.63, 3.8) is 0 Å². The van der Waals surface area contributed by atoms with Crippen LogP contribution in [0.1, 0.15) is 348 Å². The smallest absolute Gasteiger partial charge is 0.254 e. The highest BCUT2D eigenvalue weighted by atomic mass is 16.4. The molecule has 0 saturated carbocycles. The van der Waals surface area contributed by atoms with Crippen LogP contribution >= 0.6 is 0 Å². The lowest BCUT2D eigenvalue weighted by atomic mass is 10.0. The van der Waals surface area contributed by atoms with Crippen LogP contribution in [0.2, 0.25) is 0 Å². The summed E-state index contributed by atoms with van der Waals surface area (Å²) in [6.07, 6.45) is 70.8. The Kier molecular flexibility index (Phi) is 42.1. The number of carbonyl (C=O) groups is 2. The van der Waals surface area contributed by atoms with Gasteiger partial charge in [-0.2, -0.15) is 10.2 Å². The molecule has 0 N–H and O–H groups in total. The van der Waals surface area contributed by atoms with E-state index in [0.717, 1.165) is 38.8 Å². The minimum Gasteiger partial charge on any atom is -0.272 e. The van der Waals surface area contributed by atoms with Crippen LogP contribution in [0.15, 0.2) is 0 Å². The number of carbonyl (C=O) groups excluding carboxylic acids is 2. The SMILES string of the molecule is CCCCCCCCCCCCCCCCCCCCCCCCCCCC(=O)N1N2CCN1N2C(=O)CCCCCCCCCCCCCCCCCCCCCCCCCCC. The molecule has 3 heterocycles. The molecule has 3 aliphatic rings. The van der Waals surface area contributed by atoms with E-state index in [1.807, 2.05) is 10.2 Å². The Hall–Kier alpha value is -1.14. The summed E-state index contributed by atoms with van der Waals surface area (Å²) in [4.78, 5) is 25.9. The normalized spacial score (nSPS) is 15.7. The minimum atomic E-state index is 0.153. The van der Waals surface area contributed by atoms with Gasteiger partial charge >= 0.3 is 0 Å². The summed E-state index contributed by atoms with van der Waals surface area (Å²) in [6, 6.07) is 0. The van der Waals surface area contributed by atoms with Crippen LogP contribution in [-0.4, -0.2) is 45.4 Å². The minimum absolute atomic E-state index is 0.153. The van der Waals surface area contributed by atoms with Gasteiger partial charge in [0.2, 0.25) is 0 Å². The molecule has 0 spiro atoms. The first-order valence-corrected chi connectivity index (χ1v) is 29.9. The van der Waals surface area contributed by atoms with E-state index >= 15 is 0 Å². The van der Waals surface area contributed by atoms with Gasteiger partial charge < -0.3 is 0 Å². The number of hydrogen-bond donors (Lipinski definition) is 0. The second-order valence-corrected chi connectivity index (χ2v) is 21.0. The fourth-order valence-electron chi connectivity index (χ4n) is 10.5. The summed E-state index contributed by atoms with van der Waals surface area (Å²) in [7, 11) is 0. The molecule has 6 heteroatoms. The Balaban J connectivity index is 1.25. The zero-order chi connectivity index (χ0) is 45.6. The molecule has 0 aromatic carbocycles. The molecule has 0 atom stereocenters. The van der Waals surface area contributed by atoms with Gasteiger partial charge in [-0.1, -0.05) is 332 Å². The first-order valence-electron chi connectivity index (χ1n) is 29.9. The lowest BCUT2D eigenvalue weighted by Crippen LogP contribution is -2.73. The average molecular weight is 900 g/mol. The van der Waals surface area contributed by atoms with Crippen LogP contribution in [0.5, 0.6) is 0 Å². The van der Waals surface area contributed by atoms with E-state index in [2.05, 4.69) is 13.8 Å². The first-order chi connectivity index (χ1) is 31.7. The van der Waals surface area contributed by atoms with Crippen LogP contribution in [0.3, 0.4) is 0 Å². The van der Waals surface area contributed by atoms with Gasteiger partial charge in [0.25, 0.3) is 11.8 Å². The standard InChI is InChI=1S/C58H114N4O2/c1-3-5-7-9-11-13-15-17-19-21-23-25-27-29-31-33-35-37-39-41-43-45-47-49-51-53-57(63)61-59-55-56-60(61)62(59)58(64)54-52-50-48-46-44-42-40-38-36-34-32-30-28-26-24-22-20-18-16-14-12-10-8-6-4-2/h3-56H2,1-2H3. The van der Waals surface area contributed by atoms with Crippen molar-refractivity contribution >= 4 is 11.8 Å². The van der Waals surface area contributed by atoms with Gasteiger partial charge in [0, 0.05) is 12.8 Å². The largest absolute Gasteiger partial charge is 0.272 e. The van der Waals surface area contributed by atoms with Gasteiger partial charge in [-0.3, -0.25) is 9.59 Å². The van der Waals surface area contributed by atoms with Crippen LogP contribution in [0.4, 0.5) is 0 Å². The molecule has 3 aliphatic heterocycles. The van der Waals surface area contributed by atoms with Crippen molar-refractivity contribution in [3.8, 4) is 0 Å². The van der Waals surface area contributed by atoms with Crippen LogP contribution in [-0.2, 0) is 9.59 Å². The van der Waals surface area contributed by atoms with Gasteiger partial charge in [0.05, 0.1) is 13.1 Å². The third kappa shape index (κ3) is 32.5. The van der Waals surface area contributed by atoms with Crippen molar-refractivity contribution in [1.82, 2.24) is 20.5 Å². The van der Waals surface area contributed by atoms with Gasteiger partial charge in [-0.25, -0.2) is 0 Å². The van der Waals surface area contributed by atoms with E-state index in [0.29, 0.717) is 12.8 Å². The van der Waals surface area contributed by atoms with Gasteiger partial charge in [0.1, 0.15) is 0 Å². The monoisotopic (exact) mass is 899 g/mol. The number of nitrogens with zero attached hydrogens (tertiary/aromatic N) is 4. The van der Waals surface area contributed by atoms with Gasteiger partial charge in [0.15, 0.2) is 0 Å². The van der Waals surface area contributed by atoms with Crippen molar-refractivity contribution in [2.45, 2.75) is 348 Å². The molecule has 3 fully saturated rings. The third-order valence-corrected chi connectivity index (χ3v) is 14.8. The lowest BCUT2D eigenvalue weighted by molar-refractivity contribution is -0.411. The number of amides is 2. The molecule has 2 bridgehead atoms. The molecule has 0 aromatic rings. The van der Waals surface area contributed by atoms with Crippen LogP contribution < -0.4 is 0 Å². The van der Waals surface area contributed by atoms with E-state index in [1.165, 1.54) is 295 Å². The van der Waals surface area contributed by atoms with Crippen LogP contribution in [0, 0.1) is 0 Å². The van der Waals surface area contributed by atoms with E-state index < -0.39 is 0 Å². The third-order valence-electron chi connectivity index (χ3n) is 14.8. The fourth-order valence-corrected chi connectivity index (χ4v) is 10.5. The summed E-state index contributed by atoms with van der Waals surface area (Å²) in [5, 5.41) is 7.23. The maximum atomic E-state index is 13.0. The van der Waals surface area contributed by atoms with Gasteiger partial charge in [-0.15, -0.1) is 0 Å². The second-order valence-electron chi connectivity index (χ2n) is 21.0. The number of hydrazine groups is 4. The predicted molar refractivity (Wildman–Crippen MR) is 279 cm³/mol. The highest BCUT2D eigenvalue weighted by Crippen LogP contribution is 2.32. The number of rotatable bonds is 52. The van der Waals surface area contributed by atoms with Crippen molar-refractivity contribution < 1.29 is 9.59 Å². The van der Waals surface area contributed by atoms with E-state index in [9.17, 15) is 9.59 Å². The molecule has 0 aliphatic carbocycles. The van der Waals surface area contributed by atoms with Crippen molar-refractivity contribution in [3.05, 3.63) is 0 Å². The maximum Gasteiger partial charge on any atom is 0.254 e. The van der Waals surface area contributed by atoms with Gasteiger partial charge in [-0.05, 0) is 12.8 Å². The zero-order valence-electron chi connectivity index (χ0n) is 43.8. The quantitative estimate of drug-likeness (QED) is 0.0571. The molecule has 0 unspecified atom stereocenters. The molecule has 2 amide bonds. The second kappa shape index (κ2) is 45.6. The first kappa shape index (κ1) is 59.0. The van der Waals surface area contributed by atoms with E-state index in [4.69, 9.17) is 0 Å². The predicted octanol–water partition coefficient (Wildman–Crippen LogP) is 19.3. The van der Waals surface area contributed by atoms with Crippen molar-refractivity contribution in [2.75, 3.05) is 13.1 Å². The molecule has 6 nitrogen and oxygen atoms in total. The van der Waals surface area contributed by atoms with Crippen LogP contribution in [0.25, 0.3) is 0 Å². The molecule has 3 saturated heterocycles. The highest BCUT2D eigenvalue weighted by molar-refractivity contribution is 5.80. The molecular formula is C58H114N4O2. The average Bonchev–Trinajstić information content (AvgIpc) is 3.94. The summed E-state index contributed by atoms with van der Waals surface area (Å²) >= 11 is 0. The molecule has 3 rings (SSSR count). The summed E-state index contributed by atoms with van der Waals surface area (Å²) in [6.45, 7) is 6.10. The summed E-state index contributed by atoms with van der Waals surface area (Å²) in [5.74, 6) is 0.307. The Morgan fingerprint density at radius 1 is 0.234 bits per heavy atom. The highest BCUT2D eigenvalue weighted by Gasteiger charge is 2.54. The Morgan fingerprint density at radius 3 is 0.531 bits per heavy atom. The topological polar surface area (TPSA) is 47.1 Å². The molecule has 64 heavy (non-hydrogen) atoms. The van der Waals surface area contributed by atoms with Crippen molar-refractivity contribution in [2.24, 2.45) is 0 Å². The molecular weight excluding hydrogens is 785 g/mol. The maximum absolute atomic E-state index is 13.0. The number of hydrogen-bond acceptors (Lipinski definition) is 4. The van der Waals surface area contributed by atoms with Crippen molar-refractivity contribution in [1.29, 1.82) is 0 Å². The molecule has 0 radical (unpaired) electrons. The fraction of sp³-hybridized carbons (Fsp3) is 0.966. The summed E-state index contributed by atoms with van der Waals surface area (Å²) < 4.78 is 0. The lowest BCUT2D eigenvalue weighted by Gasteiger charge is -2.51. The molecule has 378 valence electrons. The molecule has 0 aromatic heterocycles. The van der Waals surface area contributed by atoms with E-state index in [-0.39, 0.29) is 11.8 Å². The zero-order valence-corrected chi connectivity index (χ0v) is 43.8. The van der Waals surface area contributed by atoms with E-state index in [1.54, 1.807) is 10.2 Å². The number of unbranched alkanes of at least 4 members (excludes halogenated alkanes) is 48. The Bertz CT molecular complexity index is 921.